The number of alkyl halides is 1. The topological polar surface area (TPSA) is 17.1 Å². The lowest BCUT2D eigenvalue weighted by molar-refractivity contribution is -0.124. The third-order valence-electron chi connectivity index (χ3n) is 3.33. The molecule has 1 aliphatic carbocycles. The van der Waals surface area contributed by atoms with Crippen molar-refractivity contribution >= 4 is 44.9 Å². The first kappa shape index (κ1) is 16.0. The predicted octanol–water partition coefficient (Wildman–Crippen LogP) is 5.41. The van der Waals surface area contributed by atoms with E-state index in [1.807, 2.05) is 26.0 Å². The standard InChI is InChI=1S/C12H11BrCl2O.C2H6/c13-7-11(16)12(4-1-5-12)8-2-3-9(14)10(15)6-8;1-2/h2-3,6H,1,4-5,7H2;1-2H3. The van der Waals surface area contributed by atoms with Crippen LogP contribution in [0.25, 0.3) is 0 Å². The molecule has 0 bridgehead atoms. The first-order valence-electron chi connectivity index (χ1n) is 6.15. The van der Waals surface area contributed by atoms with Crippen molar-refractivity contribution < 1.29 is 4.79 Å². The Bertz CT molecular complexity index is 428. The maximum Gasteiger partial charge on any atom is 0.153 e. The van der Waals surface area contributed by atoms with E-state index in [1.54, 1.807) is 6.07 Å². The number of carbonyl (C=O) groups excluding carboxylic acids is 1. The highest BCUT2D eigenvalue weighted by molar-refractivity contribution is 9.09. The Labute approximate surface area is 127 Å². The van der Waals surface area contributed by atoms with E-state index in [-0.39, 0.29) is 11.2 Å². The summed E-state index contributed by atoms with van der Waals surface area (Å²) in [6.07, 6.45) is 2.92. The number of hydrogen-bond acceptors (Lipinski definition) is 1. The summed E-state index contributed by atoms with van der Waals surface area (Å²) in [5.74, 6) is 0.233. The average molecular weight is 352 g/mol. The minimum absolute atomic E-state index is 0.233. The Kier molecular flexibility index (Phi) is 6.16. The average Bonchev–Trinajstić information content (AvgIpc) is 2.34. The van der Waals surface area contributed by atoms with E-state index in [0.717, 1.165) is 24.8 Å². The third-order valence-corrected chi connectivity index (χ3v) is 4.58. The van der Waals surface area contributed by atoms with Gasteiger partial charge in [-0.1, -0.05) is 65.5 Å². The second-order valence-electron chi connectivity index (χ2n) is 4.12. The molecule has 0 radical (unpaired) electrons. The number of benzene rings is 1. The van der Waals surface area contributed by atoms with Crippen LogP contribution in [0.3, 0.4) is 0 Å². The van der Waals surface area contributed by atoms with Crippen LogP contribution in [0.1, 0.15) is 38.7 Å². The molecule has 0 N–H and O–H groups in total. The Hall–Kier alpha value is -0.0500. The fourth-order valence-corrected chi connectivity index (χ4v) is 3.02. The lowest BCUT2D eigenvalue weighted by Crippen LogP contribution is -2.43. The van der Waals surface area contributed by atoms with Gasteiger partial charge in [0, 0.05) is 0 Å². The van der Waals surface area contributed by atoms with Crippen molar-refractivity contribution in [2.24, 2.45) is 0 Å². The maximum atomic E-state index is 12.0. The van der Waals surface area contributed by atoms with Crippen LogP contribution in [0.4, 0.5) is 0 Å². The largest absolute Gasteiger partial charge is 0.298 e. The second kappa shape index (κ2) is 6.93. The first-order chi connectivity index (χ1) is 8.60. The van der Waals surface area contributed by atoms with E-state index in [1.165, 1.54) is 0 Å². The molecule has 1 aromatic rings. The van der Waals surface area contributed by atoms with E-state index < -0.39 is 0 Å². The molecule has 0 aromatic heterocycles. The van der Waals surface area contributed by atoms with Gasteiger partial charge in [-0.2, -0.15) is 0 Å². The molecule has 0 spiro atoms. The third kappa shape index (κ3) is 2.92. The number of hydrogen-bond donors (Lipinski definition) is 0. The van der Waals surface area contributed by atoms with Crippen molar-refractivity contribution in [2.75, 3.05) is 5.33 Å². The van der Waals surface area contributed by atoms with E-state index in [0.29, 0.717) is 15.4 Å². The van der Waals surface area contributed by atoms with Crippen LogP contribution < -0.4 is 0 Å². The van der Waals surface area contributed by atoms with E-state index >= 15 is 0 Å². The fraction of sp³-hybridized carbons (Fsp3) is 0.500. The quantitative estimate of drug-likeness (QED) is 0.666. The molecule has 0 heterocycles. The van der Waals surface area contributed by atoms with Gasteiger partial charge in [-0.3, -0.25) is 4.79 Å². The minimum atomic E-state index is -0.322. The van der Waals surface area contributed by atoms with Crippen molar-refractivity contribution in [3.63, 3.8) is 0 Å². The highest BCUT2D eigenvalue weighted by atomic mass is 79.9. The van der Waals surface area contributed by atoms with Gasteiger partial charge in [0.05, 0.1) is 20.8 Å². The van der Waals surface area contributed by atoms with Crippen LogP contribution in [-0.2, 0) is 10.2 Å². The molecule has 18 heavy (non-hydrogen) atoms. The predicted molar refractivity (Wildman–Crippen MR) is 82.1 cm³/mol. The summed E-state index contributed by atoms with van der Waals surface area (Å²) in [5.41, 5.74) is 0.676. The summed E-state index contributed by atoms with van der Waals surface area (Å²) in [4.78, 5) is 12.0. The van der Waals surface area contributed by atoms with Gasteiger partial charge >= 0.3 is 0 Å². The molecule has 0 saturated heterocycles. The van der Waals surface area contributed by atoms with E-state index in [9.17, 15) is 4.79 Å². The monoisotopic (exact) mass is 350 g/mol. The zero-order valence-corrected chi connectivity index (χ0v) is 13.7. The summed E-state index contributed by atoms with van der Waals surface area (Å²) < 4.78 is 0. The summed E-state index contributed by atoms with van der Waals surface area (Å²) in [5, 5.41) is 1.45. The number of halogens is 3. The SMILES string of the molecule is CC.O=C(CBr)C1(c2ccc(Cl)c(Cl)c2)CCC1. The molecular formula is C14H17BrCl2O. The van der Waals surface area contributed by atoms with Gasteiger partial charge in [0.2, 0.25) is 0 Å². The smallest absolute Gasteiger partial charge is 0.153 e. The van der Waals surface area contributed by atoms with Crippen molar-refractivity contribution in [1.29, 1.82) is 0 Å². The fourth-order valence-electron chi connectivity index (χ4n) is 2.18. The summed E-state index contributed by atoms with van der Waals surface area (Å²) in [6.45, 7) is 4.00. The lowest BCUT2D eigenvalue weighted by Gasteiger charge is -2.40. The summed E-state index contributed by atoms with van der Waals surface area (Å²) >= 11 is 15.1. The Morgan fingerprint density at radius 1 is 1.28 bits per heavy atom. The Morgan fingerprint density at radius 3 is 2.28 bits per heavy atom. The lowest BCUT2D eigenvalue weighted by atomic mass is 9.62. The zero-order valence-electron chi connectivity index (χ0n) is 10.6. The van der Waals surface area contributed by atoms with Gasteiger partial charge in [0.1, 0.15) is 0 Å². The molecule has 1 aliphatic rings. The molecule has 1 fully saturated rings. The zero-order chi connectivity index (χ0) is 13.8. The van der Waals surface area contributed by atoms with Gasteiger partial charge in [-0.15, -0.1) is 0 Å². The van der Waals surface area contributed by atoms with Crippen LogP contribution in [0.15, 0.2) is 18.2 Å². The normalized spacial score (nSPS) is 16.3. The molecule has 100 valence electrons. The number of carbonyl (C=O) groups is 1. The summed E-state index contributed by atoms with van der Waals surface area (Å²) in [7, 11) is 0. The van der Waals surface area contributed by atoms with Crippen LogP contribution in [-0.4, -0.2) is 11.1 Å². The molecule has 0 unspecified atom stereocenters. The molecular weight excluding hydrogens is 335 g/mol. The van der Waals surface area contributed by atoms with Crippen molar-refractivity contribution in [1.82, 2.24) is 0 Å². The molecule has 0 aliphatic heterocycles. The Balaban J connectivity index is 0.000000771. The van der Waals surface area contributed by atoms with Gasteiger partial charge in [0.15, 0.2) is 5.78 Å². The van der Waals surface area contributed by atoms with Gasteiger partial charge < -0.3 is 0 Å². The van der Waals surface area contributed by atoms with Crippen LogP contribution in [0, 0.1) is 0 Å². The van der Waals surface area contributed by atoms with Crippen molar-refractivity contribution in [3.05, 3.63) is 33.8 Å². The maximum absolute atomic E-state index is 12.0. The number of Topliss-reactive ketones (excluding diaryl/α,β-unsaturated/α-hetero) is 1. The molecule has 1 saturated carbocycles. The van der Waals surface area contributed by atoms with Gasteiger partial charge in [0.25, 0.3) is 0 Å². The Morgan fingerprint density at radius 2 is 1.89 bits per heavy atom. The molecule has 1 aromatic carbocycles. The minimum Gasteiger partial charge on any atom is -0.298 e. The van der Waals surface area contributed by atoms with Crippen LogP contribution >= 0.6 is 39.1 Å². The highest BCUT2D eigenvalue weighted by Gasteiger charge is 2.44. The first-order valence-corrected chi connectivity index (χ1v) is 8.03. The molecule has 4 heteroatoms. The van der Waals surface area contributed by atoms with Gasteiger partial charge in [-0.25, -0.2) is 0 Å². The van der Waals surface area contributed by atoms with Crippen molar-refractivity contribution in [2.45, 2.75) is 38.5 Å². The van der Waals surface area contributed by atoms with Crippen LogP contribution in [0.5, 0.6) is 0 Å². The summed E-state index contributed by atoms with van der Waals surface area (Å²) in [6, 6.07) is 5.50. The molecule has 0 amide bonds. The number of rotatable bonds is 3. The van der Waals surface area contributed by atoms with Crippen LogP contribution in [0.2, 0.25) is 10.0 Å². The number of ketones is 1. The van der Waals surface area contributed by atoms with Crippen molar-refractivity contribution in [3.8, 4) is 0 Å². The molecule has 0 atom stereocenters. The van der Waals surface area contributed by atoms with E-state index in [2.05, 4.69) is 15.9 Å². The highest BCUT2D eigenvalue weighted by Crippen LogP contribution is 2.46. The second-order valence-corrected chi connectivity index (χ2v) is 5.50. The molecule has 2 rings (SSSR count). The molecule has 1 nitrogen and oxygen atoms in total. The van der Waals surface area contributed by atoms with Gasteiger partial charge in [-0.05, 0) is 30.5 Å². The van der Waals surface area contributed by atoms with E-state index in [4.69, 9.17) is 23.2 Å².